The van der Waals surface area contributed by atoms with Crippen molar-refractivity contribution in [3.05, 3.63) is 105 Å². The Hall–Kier alpha value is -3.75. The van der Waals surface area contributed by atoms with Crippen LogP contribution in [0, 0.1) is 10.1 Å². The van der Waals surface area contributed by atoms with Crippen LogP contribution in [0.1, 0.15) is 33.1 Å². The van der Waals surface area contributed by atoms with Crippen LogP contribution >= 0.6 is 0 Å². The number of carbonyl (C=O) groups is 1. The lowest BCUT2D eigenvalue weighted by Gasteiger charge is -2.40. The van der Waals surface area contributed by atoms with Crippen molar-refractivity contribution in [1.29, 1.82) is 0 Å². The molecule has 1 aliphatic heterocycles. The van der Waals surface area contributed by atoms with Crippen molar-refractivity contribution >= 4 is 11.7 Å². The van der Waals surface area contributed by atoms with Gasteiger partial charge in [-0.15, -0.1) is 0 Å². The standard InChI is InChI=1S/C26H27N3O5/c1-34-26(31)21-9-12-24(30)23(17-21)25(20-7-10-22(11-8-20)29(32)33)28-15-13-27(14-16-28)18-19-5-3-2-4-6-19/h2-12,17,25,30H,13-16,18H2,1H3. The summed E-state index contributed by atoms with van der Waals surface area (Å²) in [6.07, 6.45) is 0. The molecule has 0 spiro atoms. The van der Waals surface area contributed by atoms with Crippen LogP contribution in [0.2, 0.25) is 0 Å². The summed E-state index contributed by atoms with van der Waals surface area (Å²) < 4.78 is 4.86. The molecular formula is C26H27N3O5. The number of hydrogen-bond acceptors (Lipinski definition) is 7. The Bertz CT molecular complexity index is 1140. The first-order valence-corrected chi connectivity index (χ1v) is 11.1. The van der Waals surface area contributed by atoms with Gasteiger partial charge >= 0.3 is 5.97 Å². The molecule has 4 rings (SSSR count). The van der Waals surface area contributed by atoms with Gasteiger partial charge in [-0.2, -0.15) is 0 Å². The number of esters is 1. The normalized spacial score (nSPS) is 15.6. The summed E-state index contributed by atoms with van der Waals surface area (Å²) in [6.45, 7) is 3.98. The Labute approximate surface area is 198 Å². The molecule has 0 saturated carbocycles. The van der Waals surface area contributed by atoms with Crippen LogP contribution in [0.4, 0.5) is 5.69 Å². The third kappa shape index (κ3) is 5.24. The largest absolute Gasteiger partial charge is 0.508 e. The van der Waals surface area contributed by atoms with Crippen LogP contribution < -0.4 is 0 Å². The predicted molar refractivity (Wildman–Crippen MR) is 128 cm³/mol. The molecule has 1 aliphatic rings. The quantitative estimate of drug-likeness (QED) is 0.323. The number of nitro groups is 1. The number of methoxy groups -OCH3 is 1. The van der Waals surface area contributed by atoms with E-state index in [2.05, 4.69) is 21.9 Å². The van der Waals surface area contributed by atoms with E-state index in [4.69, 9.17) is 4.74 Å². The zero-order chi connectivity index (χ0) is 24.1. The summed E-state index contributed by atoms with van der Waals surface area (Å²) in [5.41, 5.74) is 2.96. The first-order valence-electron chi connectivity index (χ1n) is 11.1. The molecule has 0 amide bonds. The molecule has 0 bridgehead atoms. The second-order valence-corrected chi connectivity index (χ2v) is 8.31. The number of non-ortho nitro benzene ring substituents is 1. The maximum Gasteiger partial charge on any atom is 0.337 e. The Morgan fingerprint density at radius 3 is 2.32 bits per heavy atom. The lowest BCUT2D eigenvalue weighted by atomic mass is 9.93. The highest BCUT2D eigenvalue weighted by Crippen LogP contribution is 2.36. The Kier molecular flexibility index (Phi) is 7.20. The minimum absolute atomic E-state index is 0.00251. The number of piperazine rings is 1. The van der Waals surface area contributed by atoms with Gasteiger partial charge in [0.2, 0.25) is 0 Å². The average Bonchev–Trinajstić information content (AvgIpc) is 2.87. The molecule has 34 heavy (non-hydrogen) atoms. The van der Waals surface area contributed by atoms with Crippen molar-refractivity contribution in [2.24, 2.45) is 0 Å². The predicted octanol–water partition coefficient (Wildman–Crippen LogP) is 3.99. The fourth-order valence-electron chi connectivity index (χ4n) is 4.41. The van der Waals surface area contributed by atoms with Crippen LogP contribution in [-0.4, -0.2) is 59.1 Å². The topological polar surface area (TPSA) is 96.1 Å². The number of rotatable bonds is 7. The van der Waals surface area contributed by atoms with Gasteiger partial charge in [-0.1, -0.05) is 42.5 Å². The van der Waals surface area contributed by atoms with Crippen LogP contribution in [-0.2, 0) is 11.3 Å². The Morgan fingerprint density at radius 2 is 1.71 bits per heavy atom. The summed E-state index contributed by atoms with van der Waals surface area (Å²) >= 11 is 0. The van der Waals surface area contributed by atoms with Gasteiger partial charge in [0.15, 0.2) is 0 Å². The number of benzene rings is 3. The third-order valence-corrected chi connectivity index (χ3v) is 6.18. The van der Waals surface area contributed by atoms with E-state index in [1.54, 1.807) is 18.2 Å². The van der Waals surface area contributed by atoms with E-state index in [0.29, 0.717) is 11.1 Å². The number of nitro benzene ring substituents is 1. The van der Waals surface area contributed by atoms with E-state index < -0.39 is 10.9 Å². The SMILES string of the molecule is COC(=O)c1ccc(O)c(C(c2ccc([N+](=O)[O-])cc2)N2CCN(Cc3ccccc3)CC2)c1. The van der Waals surface area contributed by atoms with E-state index in [-0.39, 0.29) is 17.5 Å². The molecule has 0 aromatic heterocycles. The molecule has 0 radical (unpaired) electrons. The van der Waals surface area contributed by atoms with E-state index >= 15 is 0 Å². The maximum atomic E-state index is 12.1. The fraction of sp³-hybridized carbons (Fsp3) is 0.269. The molecule has 1 fully saturated rings. The van der Waals surface area contributed by atoms with Gasteiger partial charge in [0.25, 0.3) is 5.69 Å². The van der Waals surface area contributed by atoms with Crippen molar-refractivity contribution in [1.82, 2.24) is 9.80 Å². The summed E-state index contributed by atoms with van der Waals surface area (Å²) in [4.78, 5) is 27.5. The van der Waals surface area contributed by atoms with E-state index in [1.807, 2.05) is 18.2 Å². The molecule has 1 unspecified atom stereocenters. The zero-order valence-corrected chi connectivity index (χ0v) is 19.0. The van der Waals surface area contributed by atoms with Gasteiger partial charge in [0.05, 0.1) is 23.6 Å². The molecule has 8 heteroatoms. The summed E-state index contributed by atoms with van der Waals surface area (Å²) in [7, 11) is 1.31. The first kappa shape index (κ1) is 23.4. The van der Waals surface area contributed by atoms with E-state index in [0.717, 1.165) is 38.3 Å². The van der Waals surface area contributed by atoms with E-state index in [9.17, 15) is 20.0 Å². The zero-order valence-electron chi connectivity index (χ0n) is 19.0. The van der Waals surface area contributed by atoms with Crippen LogP contribution in [0.25, 0.3) is 0 Å². The Balaban J connectivity index is 1.63. The minimum Gasteiger partial charge on any atom is -0.508 e. The van der Waals surface area contributed by atoms with Crippen molar-refractivity contribution in [3.63, 3.8) is 0 Å². The third-order valence-electron chi connectivity index (χ3n) is 6.18. The maximum absolute atomic E-state index is 12.1. The van der Waals surface area contributed by atoms with Crippen LogP contribution in [0.15, 0.2) is 72.8 Å². The molecule has 8 nitrogen and oxygen atoms in total. The van der Waals surface area contributed by atoms with Gasteiger partial charge in [-0.05, 0) is 29.3 Å². The highest BCUT2D eigenvalue weighted by Gasteiger charge is 2.29. The number of phenols is 1. The first-order chi connectivity index (χ1) is 16.5. The molecule has 1 heterocycles. The fourth-order valence-corrected chi connectivity index (χ4v) is 4.41. The molecule has 1 saturated heterocycles. The van der Waals surface area contributed by atoms with E-state index in [1.165, 1.54) is 36.9 Å². The molecule has 0 aliphatic carbocycles. The number of hydrogen-bond donors (Lipinski definition) is 1. The Morgan fingerprint density at radius 1 is 1.03 bits per heavy atom. The number of ether oxygens (including phenoxy) is 1. The van der Waals surface area contributed by atoms with Gasteiger partial charge in [0.1, 0.15) is 5.75 Å². The number of aromatic hydroxyl groups is 1. The monoisotopic (exact) mass is 461 g/mol. The average molecular weight is 462 g/mol. The number of nitrogens with zero attached hydrogens (tertiary/aromatic N) is 3. The lowest BCUT2D eigenvalue weighted by molar-refractivity contribution is -0.384. The van der Waals surface area contributed by atoms with Crippen molar-refractivity contribution in [2.75, 3.05) is 33.3 Å². The molecule has 176 valence electrons. The van der Waals surface area contributed by atoms with Gasteiger partial charge in [-0.25, -0.2) is 4.79 Å². The van der Waals surface area contributed by atoms with Crippen molar-refractivity contribution in [2.45, 2.75) is 12.6 Å². The lowest BCUT2D eigenvalue weighted by Crippen LogP contribution is -2.47. The van der Waals surface area contributed by atoms with Crippen molar-refractivity contribution in [3.8, 4) is 5.75 Å². The van der Waals surface area contributed by atoms with Crippen LogP contribution in [0.5, 0.6) is 5.75 Å². The molecular weight excluding hydrogens is 434 g/mol. The van der Waals surface area contributed by atoms with Crippen LogP contribution in [0.3, 0.4) is 0 Å². The summed E-state index contributed by atoms with van der Waals surface area (Å²) in [6, 6.07) is 20.9. The van der Waals surface area contributed by atoms with Crippen molar-refractivity contribution < 1.29 is 19.6 Å². The second-order valence-electron chi connectivity index (χ2n) is 8.31. The number of carbonyl (C=O) groups excluding carboxylic acids is 1. The molecule has 1 atom stereocenters. The van der Waals surface area contributed by atoms with Gasteiger partial charge in [0, 0.05) is 50.4 Å². The highest BCUT2D eigenvalue weighted by molar-refractivity contribution is 5.89. The summed E-state index contributed by atoms with van der Waals surface area (Å²) in [5, 5.41) is 21.9. The minimum atomic E-state index is -0.489. The summed E-state index contributed by atoms with van der Waals surface area (Å²) in [5.74, 6) is -0.431. The van der Waals surface area contributed by atoms with Gasteiger partial charge < -0.3 is 9.84 Å². The smallest absolute Gasteiger partial charge is 0.337 e. The molecule has 3 aromatic carbocycles. The van der Waals surface area contributed by atoms with Gasteiger partial charge in [-0.3, -0.25) is 19.9 Å². The molecule has 3 aromatic rings. The number of phenolic OH excluding ortho intramolecular Hbond substituents is 1. The highest BCUT2D eigenvalue weighted by atomic mass is 16.6. The second kappa shape index (κ2) is 10.5. The molecule has 1 N–H and O–H groups in total.